The fraction of sp³-hybridized carbons (Fsp3) is 0.778. The van der Waals surface area contributed by atoms with Crippen molar-refractivity contribution >= 4 is 12.1 Å². The summed E-state index contributed by atoms with van der Waals surface area (Å²) in [5.41, 5.74) is -0.693. The summed E-state index contributed by atoms with van der Waals surface area (Å²) in [4.78, 5) is 22.1. The van der Waals surface area contributed by atoms with Gasteiger partial charge in [-0.05, 0) is 20.8 Å². The Hall–Kier alpha value is -1.33. The molecule has 0 aromatic rings. The van der Waals surface area contributed by atoms with Gasteiger partial charge in [-0.25, -0.2) is 14.0 Å². The van der Waals surface area contributed by atoms with Crippen LogP contribution < -0.4 is 5.32 Å². The molecule has 0 radical (unpaired) electrons. The van der Waals surface area contributed by atoms with Crippen molar-refractivity contribution < 1.29 is 23.5 Å². The van der Waals surface area contributed by atoms with Gasteiger partial charge >= 0.3 is 12.1 Å². The lowest BCUT2D eigenvalue weighted by molar-refractivity contribution is -0.143. The Morgan fingerprint density at radius 2 is 1.93 bits per heavy atom. The molecule has 0 aliphatic carbocycles. The Balaban J connectivity index is 4.20. The van der Waals surface area contributed by atoms with Crippen LogP contribution >= 0.6 is 0 Å². The van der Waals surface area contributed by atoms with Gasteiger partial charge in [0.1, 0.15) is 12.3 Å². The molecule has 6 heteroatoms. The molecule has 0 aliphatic heterocycles. The standard InChI is InChI=1S/C9H16FNO4/c1-9(2,3)15-8(13)11-6(5-10)7(12)14-4/h6H,5H2,1-4H3,(H,11,13)/t6-/m1/s1. The molecule has 0 saturated carbocycles. The van der Waals surface area contributed by atoms with Crippen molar-refractivity contribution in [2.24, 2.45) is 0 Å². The summed E-state index contributed by atoms with van der Waals surface area (Å²) in [7, 11) is 1.11. The smallest absolute Gasteiger partial charge is 0.408 e. The van der Waals surface area contributed by atoms with Crippen LogP contribution in [0.1, 0.15) is 20.8 Å². The zero-order chi connectivity index (χ0) is 12.1. The molecule has 0 aliphatic rings. The van der Waals surface area contributed by atoms with E-state index in [1.54, 1.807) is 20.8 Å². The summed E-state index contributed by atoms with van der Waals surface area (Å²) in [6.07, 6.45) is -0.851. The number of hydrogen-bond donors (Lipinski definition) is 1. The molecule has 0 rings (SSSR count). The van der Waals surface area contributed by atoms with Crippen molar-refractivity contribution in [2.75, 3.05) is 13.8 Å². The van der Waals surface area contributed by atoms with Gasteiger partial charge in [0.25, 0.3) is 0 Å². The fourth-order valence-electron chi connectivity index (χ4n) is 0.753. The van der Waals surface area contributed by atoms with Crippen LogP contribution in [0.3, 0.4) is 0 Å². The van der Waals surface area contributed by atoms with E-state index in [4.69, 9.17) is 4.74 Å². The molecule has 5 nitrogen and oxygen atoms in total. The molecule has 0 fully saturated rings. The highest BCUT2D eigenvalue weighted by Gasteiger charge is 2.24. The quantitative estimate of drug-likeness (QED) is 0.723. The van der Waals surface area contributed by atoms with Crippen LogP contribution in [0.5, 0.6) is 0 Å². The largest absolute Gasteiger partial charge is 0.467 e. The van der Waals surface area contributed by atoms with Gasteiger partial charge in [-0.15, -0.1) is 0 Å². The summed E-state index contributed by atoms with van der Waals surface area (Å²) in [6, 6.07) is -1.31. The Morgan fingerprint density at radius 3 is 2.27 bits per heavy atom. The summed E-state index contributed by atoms with van der Waals surface area (Å²) in [6.45, 7) is 3.95. The van der Waals surface area contributed by atoms with E-state index in [0.29, 0.717) is 0 Å². The van der Waals surface area contributed by atoms with Crippen LogP contribution in [0.15, 0.2) is 0 Å². The molecule has 0 spiro atoms. The number of ether oxygens (including phenoxy) is 2. The van der Waals surface area contributed by atoms with Crippen molar-refractivity contribution in [2.45, 2.75) is 32.4 Å². The van der Waals surface area contributed by atoms with Crippen LogP contribution in [0, 0.1) is 0 Å². The Morgan fingerprint density at radius 1 is 1.40 bits per heavy atom. The van der Waals surface area contributed by atoms with Crippen molar-refractivity contribution in [3.05, 3.63) is 0 Å². The van der Waals surface area contributed by atoms with Gasteiger partial charge < -0.3 is 14.8 Å². The van der Waals surface area contributed by atoms with E-state index in [-0.39, 0.29) is 0 Å². The van der Waals surface area contributed by atoms with Crippen LogP contribution in [0.2, 0.25) is 0 Å². The van der Waals surface area contributed by atoms with Gasteiger partial charge in [0.2, 0.25) is 0 Å². The third-order valence-electron chi connectivity index (χ3n) is 1.33. The maximum absolute atomic E-state index is 12.3. The second kappa shape index (κ2) is 5.53. The summed E-state index contributed by atoms with van der Waals surface area (Å²) in [5.74, 6) is -0.844. The summed E-state index contributed by atoms with van der Waals surface area (Å²) >= 11 is 0. The number of esters is 1. The maximum Gasteiger partial charge on any atom is 0.408 e. The van der Waals surface area contributed by atoms with Gasteiger partial charge in [0, 0.05) is 0 Å². The zero-order valence-electron chi connectivity index (χ0n) is 9.30. The van der Waals surface area contributed by atoms with Crippen molar-refractivity contribution in [1.29, 1.82) is 0 Å². The molecular formula is C9H16FNO4. The lowest BCUT2D eigenvalue weighted by Gasteiger charge is -2.21. The normalized spacial score (nSPS) is 12.9. The molecule has 0 heterocycles. The number of amides is 1. The first-order valence-electron chi connectivity index (χ1n) is 4.43. The SMILES string of the molecule is COC(=O)[C@@H](CF)NC(=O)OC(C)(C)C. The van der Waals surface area contributed by atoms with E-state index in [9.17, 15) is 14.0 Å². The lowest BCUT2D eigenvalue weighted by Crippen LogP contribution is -2.45. The van der Waals surface area contributed by atoms with E-state index in [1.165, 1.54) is 0 Å². The lowest BCUT2D eigenvalue weighted by atomic mass is 10.2. The van der Waals surface area contributed by atoms with Crippen LogP contribution in [-0.4, -0.2) is 37.5 Å². The Bertz CT molecular complexity index is 237. The fourth-order valence-corrected chi connectivity index (χ4v) is 0.753. The van der Waals surface area contributed by atoms with Crippen LogP contribution in [0.25, 0.3) is 0 Å². The van der Waals surface area contributed by atoms with E-state index in [2.05, 4.69) is 10.1 Å². The van der Waals surface area contributed by atoms with Gasteiger partial charge in [-0.2, -0.15) is 0 Å². The molecule has 15 heavy (non-hydrogen) atoms. The monoisotopic (exact) mass is 221 g/mol. The van der Waals surface area contributed by atoms with E-state index in [1.807, 2.05) is 0 Å². The Labute approximate surface area is 87.9 Å². The minimum Gasteiger partial charge on any atom is -0.467 e. The maximum atomic E-state index is 12.3. The number of rotatable bonds is 3. The molecule has 1 atom stereocenters. The molecule has 1 N–H and O–H groups in total. The number of alkyl halides is 1. The first-order valence-corrected chi connectivity index (χ1v) is 4.43. The van der Waals surface area contributed by atoms with Crippen molar-refractivity contribution in [3.8, 4) is 0 Å². The molecule has 0 bridgehead atoms. The van der Waals surface area contributed by atoms with Gasteiger partial charge in [-0.1, -0.05) is 0 Å². The third-order valence-corrected chi connectivity index (χ3v) is 1.33. The Kier molecular flexibility index (Phi) is 5.04. The minimum absolute atomic E-state index is 0.693. The molecule has 0 aromatic heterocycles. The van der Waals surface area contributed by atoms with E-state index in [0.717, 1.165) is 7.11 Å². The highest BCUT2D eigenvalue weighted by Crippen LogP contribution is 2.06. The van der Waals surface area contributed by atoms with Crippen molar-refractivity contribution in [1.82, 2.24) is 5.32 Å². The highest BCUT2D eigenvalue weighted by molar-refractivity contribution is 5.81. The summed E-state index contributed by atoms with van der Waals surface area (Å²) < 4.78 is 21.4. The first-order chi connectivity index (χ1) is 6.80. The summed E-state index contributed by atoms with van der Waals surface area (Å²) in [5, 5.41) is 2.06. The highest BCUT2D eigenvalue weighted by atomic mass is 19.1. The van der Waals surface area contributed by atoms with Gasteiger partial charge in [0.05, 0.1) is 7.11 Å². The van der Waals surface area contributed by atoms with E-state index < -0.39 is 30.4 Å². The minimum atomic E-state index is -1.31. The zero-order valence-corrected chi connectivity index (χ0v) is 9.30. The second-order valence-corrected chi connectivity index (χ2v) is 3.88. The number of alkyl carbamates (subject to hydrolysis) is 1. The molecule has 0 unspecified atom stereocenters. The number of carbonyl (C=O) groups is 2. The predicted octanol–water partition coefficient (Wildman–Crippen LogP) is 1.02. The number of methoxy groups -OCH3 is 1. The number of carbonyl (C=O) groups excluding carboxylic acids is 2. The average Bonchev–Trinajstić information content (AvgIpc) is 2.10. The van der Waals surface area contributed by atoms with Crippen LogP contribution in [0.4, 0.5) is 9.18 Å². The molecule has 0 aromatic carbocycles. The second-order valence-electron chi connectivity index (χ2n) is 3.88. The molecular weight excluding hydrogens is 205 g/mol. The van der Waals surface area contributed by atoms with Gasteiger partial charge in [-0.3, -0.25) is 0 Å². The molecule has 88 valence electrons. The number of nitrogens with one attached hydrogen (secondary N) is 1. The van der Waals surface area contributed by atoms with Crippen molar-refractivity contribution in [3.63, 3.8) is 0 Å². The third kappa shape index (κ3) is 5.87. The first kappa shape index (κ1) is 13.7. The average molecular weight is 221 g/mol. The van der Waals surface area contributed by atoms with E-state index >= 15 is 0 Å². The number of halogens is 1. The topological polar surface area (TPSA) is 64.6 Å². The predicted molar refractivity (Wildman–Crippen MR) is 51.1 cm³/mol. The van der Waals surface area contributed by atoms with Crippen LogP contribution in [-0.2, 0) is 14.3 Å². The molecule has 0 saturated heterocycles. The van der Waals surface area contributed by atoms with Gasteiger partial charge in [0.15, 0.2) is 6.04 Å². The number of hydrogen-bond acceptors (Lipinski definition) is 4. The molecule has 1 amide bonds.